The molecule has 0 radical (unpaired) electrons. The number of nitrogens with zero attached hydrogens (tertiary/aromatic N) is 2. The maximum atomic E-state index is 12.5. The smallest absolute Gasteiger partial charge is 0.348 e. The predicted molar refractivity (Wildman–Crippen MR) is 108 cm³/mol. The van der Waals surface area contributed by atoms with E-state index in [0.29, 0.717) is 11.3 Å². The Morgan fingerprint density at radius 1 is 0.900 bits per heavy atom. The van der Waals surface area contributed by atoms with E-state index in [9.17, 15) is 15.0 Å². The van der Waals surface area contributed by atoms with E-state index in [4.69, 9.17) is 14.2 Å². The number of methoxy groups -OCH3 is 2. The highest BCUT2D eigenvalue weighted by atomic mass is 16.5. The molecular weight excluding hydrogens is 388 g/mol. The number of aliphatic carboxylic acids is 1. The lowest BCUT2D eigenvalue weighted by Crippen LogP contribution is -2.57. The molecule has 0 bridgehead atoms. The highest BCUT2D eigenvalue weighted by molar-refractivity contribution is 5.80. The molecule has 0 aliphatic heterocycles. The van der Waals surface area contributed by atoms with Gasteiger partial charge in [0.15, 0.2) is 11.4 Å². The topological polar surface area (TPSA) is 111 Å². The standard InChI is InChI=1S/C22H22N2O6/c1-21(15-10-6-4-7-11-15,30-16-12-8-5-9-13-16)22(27,20(25)26)19-23-17(28-2)14-18(24-19)29-3/h4-14,27H,1-3H3,(H,25,26). The van der Waals surface area contributed by atoms with Crippen LogP contribution in [0.2, 0.25) is 0 Å². The largest absolute Gasteiger partial charge is 0.481 e. The van der Waals surface area contributed by atoms with Crippen molar-refractivity contribution in [2.45, 2.75) is 18.1 Å². The maximum Gasteiger partial charge on any atom is 0.348 e. The number of rotatable bonds is 8. The van der Waals surface area contributed by atoms with Crippen molar-refractivity contribution in [3.63, 3.8) is 0 Å². The van der Waals surface area contributed by atoms with Gasteiger partial charge in [-0.2, -0.15) is 9.97 Å². The molecule has 0 spiro atoms. The maximum absolute atomic E-state index is 12.5. The number of carboxylic acids is 1. The summed E-state index contributed by atoms with van der Waals surface area (Å²) in [5, 5.41) is 21.9. The van der Waals surface area contributed by atoms with Crippen LogP contribution < -0.4 is 14.2 Å². The second kappa shape index (κ2) is 8.38. The summed E-state index contributed by atoms with van der Waals surface area (Å²) in [6.45, 7) is 1.47. The van der Waals surface area contributed by atoms with Gasteiger partial charge < -0.3 is 24.4 Å². The molecule has 2 atom stereocenters. The number of ether oxygens (including phenoxy) is 3. The van der Waals surface area contributed by atoms with Crippen LogP contribution in [0.1, 0.15) is 18.3 Å². The normalized spacial score (nSPS) is 14.8. The molecule has 1 heterocycles. The van der Waals surface area contributed by atoms with Crippen molar-refractivity contribution >= 4 is 5.97 Å². The van der Waals surface area contributed by atoms with Crippen molar-refractivity contribution in [3.8, 4) is 17.5 Å². The third kappa shape index (κ3) is 3.65. The Morgan fingerprint density at radius 2 is 1.40 bits per heavy atom. The number of hydrogen-bond acceptors (Lipinski definition) is 7. The zero-order valence-electron chi connectivity index (χ0n) is 16.8. The van der Waals surface area contributed by atoms with Crippen LogP contribution in [0.3, 0.4) is 0 Å². The van der Waals surface area contributed by atoms with Crippen LogP contribution in [0.5, 0.6) is 17.5 Å². The predicted octanol–water partition coefficient (Wildman–Crippen LogP) is 2.76. The van der Waals surface area contributed by atoms with Crippen molar-refractivity contribution in [1.29, 1.82) is 0 Å². The number of aromatic nitrogens is 2. The van der Waals surface area contributed by atoms with Crippen LogP contribution >= 0.6 is 0 Å². The summed E-state index contributed by atoms with van der Waals surface area (Å²) in [6.07, 6.45) is 0. The minimum Gasteiger partial charge on any atom is -0.481 e. The van der Waals surface area contributed by atoms with Crippen LogP contribution in [0.15, 0.2) is 66.7 Å². The highest BCUT2D eigenvalue weighted by Gasteiger charge is 2.60. The summed E-state index contributed by atoms with van der Waals surface area (Å²) < 4.78 is 16.4. The van der Waals surface area contributed by atoms with Gasteiger partial charge >= 0.3 is 5.97 Å². The molecule has 0 fully saturated rings. The molecule has 3 aromatic rings. The Kier molecular flexibility index (Phi) is 5.89. The molecule has 0 saturated heterocycles. The number of aliphatic hydroxyl groups is 1. The van der Waals surface area contributed by atoms with Crippen molar-refractivity contribution in [3.05, 3.63) is 78.1 Å². The molecule has 0 aliphatic carbocycles. The van der Waals surface area contributed by atoms with E-state index in [1.807, 2.05) is 0 Å². The Morgan fingerprint density at radius 3 is 1.87 bits per heavy atom. The molecule has 8 nitrogen and oxygen atoms in total. The second-order valence-electron chi connectivity index (χ2n) is 6.61. The Hall–Kier alpha value is -3.65. The fourth-order valence-corrected chi connectivity index (χ4v) is 3.11. The number of benzene rings is 2. The van der Waals surface area contributed by atoms with E-state index in [1.165, 1.54) is 27.2 Å². The number of para-hydroxylation sites is 1. The van der Waals surface area contributed by atoms with Gasteiger partial charge in [-0.05, 0) is 24.6 Å². The number of hydrogen-bond donors (Lipinski definition) is 2. The van der Waals surface area contributed by atoms with Crippen LogP contribution in [0, 0.1) is 0 Å². The molecular formula is C22H22N2O6. The van der Waals surface area contributed by atoms with E-state index in [2.05, 4.69) is 9.97 Å². The van der Waals surface area contributed by atoms with E-state index in [0.717, 1.165) is 0 Å². The Labute approximate surface area is 173 Å². The monoisotopic (exact) mass is 410 g/mol. The molecule has 156 valence electrons. The fourth-order valence-electron chi connectivity index (χ4n) is 3.11. The Bertz CT molecular complexity index is 992. The third-order valence-electron chi connectivity index (χ3n) is 4.81. The SMILES string of the molecule is COc1cc(OC)nc(C(O)(C(=O)O)C(C)(Oc2ccccc2)c2ccccc2)n1. The lowest BCUT2D eigenvalue weighted by Gasteiger charge is -2.41. The van der Waals surface area contributed by atoms with Crippen molar-refractivity contribution in [1.82, 2.24) is 9.97 Å². The van der Waals surface area contributed by atoms with Gasteiger partial charge in [0.05, 0.1) is 20.3 Å². The van der Waals surface area contributed by atoms with Crippen LogP contribution in [0.25, 0.3) is 0 Å². The van der Waals surface area contributed by atoms with Gasteiger partial charge in [0.1, 0.15) is 5.75 Å². The lowest BCUT2D eigenvalue weighted by molar-refractivity contribution is -0.192. The second-order valence-corrected chi connectivity index (χ2v) is 6.61. The first kappa shape index (κ1) is 21.1. The number of carboxylic acid groups (broad SMARTS) is 1. The Balaban J connectivity index is 2.28. The zero-order valence-corrected chi connectivity index (χ0v) is 16.8. The van der Waals surface area contributed by atoms with Gasteiger partial charge in [-0.1, -0.05) is 48.5 Å². The van der Waals surface area contributed by atoms with E-state index >= 15 is 0 Å². The van der Waals surface area contributed by atoms with E-state index < -0.39 is 23.0 Å². The molecule has 0 aliphatic rings. The minimum atomic E-state index is -2.70. The summed E-state index contributed by atoms with van der Waals surface area (Å²) in [6, 6.07) is 18.5. The summed E-state index contributed by atoms with van der Waals surface area (Å²) in [4.78, 5) is 20.7. The fraction of sp³-hybridized carbons (Fsp3) is 0.227. The first-order valence-electron chi connectivity index (χ1n) is 9.08. The van der Waals surface area contributed by atoms with Gasteiger partial charge in [-0.25, -0.2) is 4.79 Å². The number of carbonyl (C=O) groups is 1. The highest BCUT2D eigenvalue weighted by Crippen LogP contribution is 2.44. The van der Waals surface area contributed by atoms with Gasteiger partial charge in [-0.3, -0.25) is 0 Å². The molecule has 8 heteroatoms. The zero-order chi connectivity index (χ0) is 21.8. The molecule has 3 rings (SSSR count). The molecule has 1 aromatic heterocycles. The van der Waals surface area contributed by atoms with Gasteiger partial charge in [0.2, 0.25) is 11.8 Å². The summed E-state index contributed by atoms with van der Waals surface area (Å²) in [5.41, 5.74) is -4.12. The lowest BCUT2D eigenvalue weighted by atomic mass is 9.77. The first-order valence-corrected chi connectivity index (χ1v) is 9.08. The van der Waals surface area contributed by atoms with Crippen molar-refractivity contribution in [2.75, 3.05) is 14.2 Å². The minimum absolute atomic E-state index is 0.0339. The van der Waals surface area contributed by atoms with Gasteiger partial charge in [-0.15, -0.1) is 0 Å². The quantitative estimate of drug-likeness (QED) is 0.583. The summed E-state index contributed by atoms with van der Waals surface area (Å²) >= 11 is 0. The van der Waals surface area contributed by atoms with Gasteiger partial charge in [0.25, 0.3) is 5.60 Å². The average molecular weight is 410 g/mol. The average Bonchev–Trinajstić information content (AvgIpc) is 2.79. The van der Waals surface area contributed by atoms with Gasteiger partial charge in [0, 0.05) is 0 Å². The molecule has 2 aromatic carbocycles. The summed E-state index contributed by atoms with van der Waals surface area (Å²) in [7, 11) is 2.73. The molecule has 0 saturated carbocycles. The van der Waals surface area contributed by atoms with E-state index in [1.54, 1.807) is 60.7 Å². The molecule has 0 amide bonds. The first-order chi connectivity index (χ1) is 14.3. The van der Waals surface area contributed by atoms with Crippen molar-refractivity contribution in [2.24, 2.45) is 0 Å². The van der Waals surface area contributed by atoms with Crippen LogP contribution in [0.4, 0.5) is 0 Å². The molecule has 2 unspecified atom stereocenters. The molecule has 2 N–H and O–H groups in total. The third-order valence-corrected chi connectivity index (χ3v) is 4.81. The van der Waals surface area contributed by atoms with Crippen LogP contribution in [-0.2, 0) is 16.0 Å². The van der Waals surface area contributed by atoms with Crippen LogP contribution in [-0.4, -0.2) is 40.4 Å². The summed E-state index contributed by atoms with van der Waals surface area (Å²) in [5.74, 6) is -1.61. The van der Waals surface area contributed by atoms with E-state index in [-0.39, 0.29) is 11.8 Å². The molecule has 30 heavy (non-hydrogen) atoms. The van der Waals surface area contributed by atoms with Crippen molar-refractivity contribution < 1.29 is 29.2 Å².